The summed E-state index contributed by atoms with van der Waals surface area (Å²) < 4.78 is 5.17. The van der Waals surface area contributed by atoms with Crippen molar-refractivity contribution in [1.82, 2.24) is 15.5 Å². The van der Waals surface area contributed by atoms with Gasteiger partial charge in [-0.2, -0.15) is 0 Å². The Kier molecular flexibility index (Phi) is 5.98. The molecule has 0 aromatic heterocycles. The van der Waals surface area contributed by atoms with Crippen LogP contribution in [0, 0.1) is 5.92 Å². The first-order chi connectivity index (χ1) is 11.0. The minimum Gasteiger partial charge on any atom is -0.497 e. The van der Waals surface area contributed by atoms with Gasteiger partial charge in [0.1, 0.15) is 5.75 Å². The van der Waals surface area contributed by atoms with Gasteiger partial charge < -0.3 is 15.4 Å². The van der Waals surface area contributed by atoms with E-state index in [0.29, 0.717) is 13.1 Å². The van der Waals surface area contributed by atoms with Gasteiger partial charge in [0.15, 0.2) is 0 Å². The number of methoxy groups -OCH3 is 1. The van der Waals surface area contributed by atoms with Gasteiger partial charge in [-0.25, -0.2) is 0 Å². The maximum atomic E-state index is 12.3. The molecule has 2 amide bonds. The summed E-state index contributed by atoms with van der Waals surface area (Å²) in [7, 11) is 1.63. The van der Waals surface area contributed by atoms with Crippen molar-refractivity contribution in [3.8, 4) is 5.75 Å². The number of piperazine rings is 1. The molecule has 1 aromatic carbocycles. The van der Waals surface area contributed by atoms with Crippen LogP contribution in [0.5, 0.6) is 5.75 Å². The Morgan fingerprint density at radius 3 is 2.61 bits per heavy atom. The minimum atomic E-state index is -0.0629. The van der Waals surface area contributed by atoms with Crippen molar-refractivity contribution in [2.24, 2.45) is 5.92 Å². The van der Waals surface area contributed by atoms with E-state index in [1.807, 2.05) is 29.2 Å². The fourth-order valence-electron chi connectivity index (χ4n) is 2.69. The molecule has 0 bridgehead atoms. The zero-order valence-corrected chi connectivity index (χ0v) is 14.0. The largest absolute Gasteiger partial charge is 0.497 e. The Hall–Kier alpha value is -2.08. The zero-order chi connectivity index (χ0) is 16.8. The van der Waals surface area contributed by atoms with Gasteiger partial charge in [0, 0.05) is 13.1 Å². The van der Waals surface area contributed by atoms with Gasteiger partial charge in [-0.05, 0) is 23.6 Å². The second-order valence-corrected chi connectivity index (χ2v) is 6.12. The fraction of sp³-hybridized carbons (Fsp3) is 0.529. The van der Waals surface area contributed by atoms with Crippen molar-refractivity contribution < 1.29 is 14.3 Å². The van der Waals surface area contributed by atoms with Crippen LogP contribution in [0.3, 0.4) is 0 Å². The second kappa shape index (κ2) is 7.97. The molecule has 6 nitrogen and oxygen atoms in total. The lowest BCUT2D eigenvalue weighted by atomic mass is 9.96. The average Bonchev–Trinajstić information content (AvgIpc) is 2.52. The normalized spacial score (nSPS) is 16.8. The molecule has 6 heteroatoms. The second-order valence-electron chi connectivity index (χ2n) is 6.12. The van der Waals surface area contributed by atoms with E-state index in [9.17, 15) is 9.59 Å². The van der Waals surface area contributed by atoms with Crippen molar-refractivity contribution in [3.05, 3.63) is 29.8 Å². The molecule has 1 atom stereocenters. The van der Waals surface area contributed by atoms with Crippen LogP contribution in [0.4, 0.5) is 0 Å². The van der Waals surface area contributed by atoms with Gasteiger partial charge in [-0.15, -0.1) is 0 Å². The van der Waals surface area contributed by atoms with Crippen LogP contribution in [0.1, 0.15) is 25.5 Å². The quantitative estimate of drug-likeness (QED) is 0.819. The monoisotopic (exact) mass is 319 g/mol. The number of benzene rings is 1. The SMILES string of the molecule is COc1ccc([C@@H](NC(=O)CN2CCNC(=O)C2)C(C)C)cc1. The number of amides is 2. The van der Waals surface area contributed by atoms with Crippen molar-refractivity contribution in [3.63, 3.8) is 0 Å². The van der Waals surface area contributed by atoms with Crippen molar-refractivity contribution in [2.45, 2.75) is 19.9 Å². The molecular formula is C17H25N3O3. The van der Waals surface area contributed by atoms with Crippen LogP contribution in [0.25, 0.3) is 0 Å². The summed E-state index contributed by atoms with van der Waals surface area (Å²) in [5.41, 5.74) is 1.05. The van der Waals surface area contributed by atoms with E-state index in [4.69, 9.17) is 4.74 Å². The Morgan fingerprint density at radius 1 is 1.35 bits per heavy atom. The molecule has 1 fully saturated rings. The van der Waals surface area contributed by atoms with E-state index < -0.39 is 0 Å². The van der Waals surface area contributed by atoms with Crippen LogP contribution in [0.15, 0.2) is 24.3 Å². The number of ether oxygens (including phenoxy) is 1. The molecule has 0 spiro atoms. The van der Waals surface area contributed by atoms with Crippen LogP contribution in [0.2, 0.25) is 0 Å². The average molecular weight is 319 g/mol. The van der Waals surface area contributed by atoms with Gasteiger partial charge in [-0.1, -0.05) is 26.0 Å². The Morgan fingerprint density at radius 2 is 2.04 bits per heavy atom. The number of nitrogens with one attached hydrogen (secondary N) is 2. The predicted molar refractivity (Wildman–Crippen MR) is 88.2 cm³/mol. The first-order valence-electron chi connectivity index (χ1n) is 7.92. The molecule has 2 rings (SSSR count). The topological polar surface area (TPSA) is 70.7 Å². The highest BCUT2D eigenvalue weighted by atomic mass is 16.5. The zero-order valence-electron chi connectivity index (χ0n) is 14.0. The fourth-order valence-corrected chi connectivity index (χ4v) is 2.69. The smallest absolute Gasteiger partial charge is 0.234 e. The molecule has 2 N–H and O–H groups in total. The molecule has 0 unspecified atom stereocenters. The summed E-state index contributed by atoms with van der Waals surface area (Å²) in [6, 6.07) is 7.67. The van der Waals surface area contributed by atoms with Gasteiger partial charge in [-0.3, -0.25) is 14.5 Å². The summed E-state index contributed by atoms with van der Waals surface area (Å²) in [6.07, 6.45) is 0. The molecule has 0 radical (unpaired) electrons. The van der Waals surface area contributed by atoms with Crippen molar-refractivity contribution in [1.29, 1.82) is 0 Å². The molecule has 126 valence electrons. The molecule has 1 aliphatic rings. The maximum absolute atomic E-state index is 12.3. The first-order valence-corrected chi connectivity index (χ1v) is 7.92. The number of carbonyl (C=O) groups excluding carboxylic acids is 2. The highest BCUT2D eigenvalue weighted by molar-refractivity contribution is 5.82. The van der Waals surface area contributed by atoms with E-state index in [0.717, 1.165) is 11.3 Å². The van der Waals surface area contributed by atoms with Crippen molar-refractivity contribution in [2.75, 3.05) is 33.3 Å². The number of nitrogens with zero attached hydrogens (tertiary/aromatic N) is 1. The molecular weight excluding hydrogens is 294 g/mol. The van der Waals surface area contributed by atoms with Crippen LogP contribution >= 0.6 is 0 Å². The van der Waals surface area contributed by atoms with Gasteiger partial charge in [0.2, 0.25) is 11.8 Å². The Bertz CT molecular complexity index is 543. The third-order valence-corrected chi connectivity index (χ3v) is 3.94. The Labute approximate surface area is 137 Å². The van der Waals surface area contributed by atoms with E-state index in [1.54, 1.807) is 7.11 Å². The van der Waals surface area contributed by atoms with Crippen LogP contribution in [-0.2, 0) is 9.59 Å². The van der Waals surface area contributed by atoms with Gasteiger partial charge in [0.25, 0.3) is 0 Å². The maximum Gasteiger partial charge on any atom is 0.234 e. The molecule has 23 heavy (non-hydrogen) atoms. The van der Waals surface area contributed by atoms with Gasteiger partial charge in [0.05, 0.1) is 26.2 Å². The molecule has 1 saturated heterocycles. The lowest BCUT2D eigenvalue weighted by Crippen LogP contribution is -2.51. The molecule has 1 aliphatic heterocycles. The summed E-state index contributed by atoms with van der Waals surface area (Å²) in [6.45, 7) is 5.97. The summed E-state index contributed by atoms with van der Waals surface area (Å²) in [5, 5.41) is 5.84. The van der Waals surface area contributed by atoms with E-state index in [-0.39, 0.29) is 36.9 Å². The number of hydrogen-bond donors (Lipinski definition) is 2. The molecule has 1 aromatic rings. The molecule has 1 heterocycles. The van der Waals surface area contributed by atoms with Crippen molar-refractivity contribution >= 4 is 11.8 Å². The summed E-state index contributed by atoms with van der Waals surface area (Å²) in [4.78, 5) is 25.6. The first kappa shape index (κ1) is 17.3. The summed E-state index contributed by atoms with van der Waals surface area (Å²) in [5.74, 6) is 0.966. The third kappa shape index (κ3) is 4.96. The number of carbonyl (C=O) groups is 2. The highest BCUT2D eigenvalue weighted by Crippen LogP contribution is 2.23. The van der Waals surface area contributed by atoms with Crippen LogP contribution < -0.4 is 15.4 Å². The van der Waals surface area contributed by atoms with E-state index in [2.05, 4.69) is 24.5 Å². The highest BCUT2D eigenvalue weighted by Gasteiger charge is 2.22. The summed E-state index contributed by atoms with van der Waals surface area (Å²) >= 11 is 0. The van der Waals surface area contributed by atoms with Crippen LogP contribution in [-0.4, -0.2) is 50.0 Å². The Balaban J connectivity index is 1.97. The standard InChI is InChI=1S/C17H25N3O3/c1-12(2)17(13-4-6-14(23-3)7-5-13)19-16(22)11-20-9-8-18-15(21)10-20/h4-7,12,17H,8-11H2,1-3H3,(H,18,21)(H,19,22)/t17-/m0/s1. The van der Waals surface area contributed by atoms with E-state index in [1.165, 1.54) is 0 Å². The number of rotatable bonds is 6. The lowest BCUT2D eigenvalue weighted by Gasteiger charge is -2.28. The molecule has 0 saturated carbocycles. The third-order valence-electron chi connectivity index (χ3n) is 3.94. The predicted octanol–water partition coefficient (Wildman–Crippen LogP) is 0.940. The number of hydrogen-bond acceptors (Lipinski definition) is 4. The minimum absolute atomic E-state index is 0.0281. The lowest BCUT2D eigenvalue weighted by molar-refractivity contribution is -0.127. The van der Waals surface area contributed by atoms with E-state index >= 15 is 0 Å². The van der Waals surface area contributed by atoms with Gasteiger partial charge >= 0.3 is 0 Å². The molecule has 0 aliphatic carbocycles.